The number of aromatic nitrogens is 1. The predicted octanol–water partition coefficient (Wildman–Crippen LogP) is 4.72. The highest BCUT2D eigenvalue weighted by Crippen LogP contribution is 2.13. The summed E-state index contributed by atoms with van der Waals surface area (Å²) >= 11 is 0. The first-order valence-electron chi connectivity index (χ1n) is 9.18. The van der Waals surface area contributed by atoms with Gasteiger partial charge in [0, 0.05) is 36.2 Å². The minimum absolute atomic E-state index is 0.245. The van der Waals surface area contributed by atoms with Crippen LogP contribution >= 0.6 is 0 Å². The number of hydrogen-bond acceptors (Lipinski definition) is 3. The molecule has 0 aliphatic carbocycles. The van der Waals surface area contributed by atoms with Crippen LogP contribution < -0.4 is 5.32 Å². The van der Waals surface area contributed by atoms with E-state index in [1.807, 2.05) is 24.3 Å². The van der Waals surface area contributed by atoms with Crippen LogP contribution in [-0.2, 0) is 16.1 Å². The number of carbonyl (C=O) groups is 1. The third-order valence-corrected chi connectivity index (χ3v) is 3.90. The molecule has 0 saturated carbocycles. The van der Waals surface area contributed by atoms with Crippen molar-refractivity contribution in [3.8, 4) is 11.8 Å². The van der Waals surface area contributed by atoms with Crippen LogP contribution in [0.2, 0.25) is 0 Å². The maximum absolute atomic E-state index is 13.3. The third-order valence-electron chi connectivity index (χ3n) is 3.90. The Morgan fingerprint density at radius 3 is 2.68 bits per heavy atom. The van der Waals surface area contributed by atoms with Crippen LogP contribution in [-0.4, -0.2) is 18.0 Å². The molecule has 4 nitrogen and oxygen atoms in total. The number of hydrogen-bond donors (Lipinski definition) is 1. The first-order valence-corrected chi connectivity index (χ1v) is 9.18. The van der Waals surface area contributed by atoms with Crippen LogP contribution in [0, 0.1) is 23.6 Å². The fraction of sp³-hybridized carbons (Fsp3) is 0.304. The maximum Gasteiger partial charge on any atom is 0.249 e. The van der Waals surface area contributed by atoms with Gasteiger partial charge in [0.2, 0.25) is 5.91 Å². The second-order valence-corrected chi connectivity index (χ2v) is 6.86. The smallest absolute Gasteiger partial charge is 0.249 e. The summed E-state index contributed by atoms with van der Waals surface area (Å²) in [6.07, 6.45) is 5.71. The molecule has 1 aromatic heterocycles. The van der Waals surface area contributed by atoms with E-state index >= 15 is 0 Å². The van der Waals surface area contributed by atoms with Gasteiger partial charge < -0.3 is 10.1 Å². The van der Waals surface area contributed by atoms with E-state index in [2.05, 4.69) is 36.0 Å². The summed E-state index contributed by atoms with van der Waals surface area (Å²) in [6, 6.07) is 8.79. The normalized spacial score (nSPS) is 11.1. The molecule has 1 heterocycles. The number of amides is 1. The number of benzene rings is 1. The number of carbonyl (C=O) groups excluding carboxylic acids is 1. The molecular formula is C23H25FN2O2. The van der Waals surface area contributed by atoms with Gasteiger partial charge in [-0.25, -0.2) is 4.39 Å². The average molecular weight is 380 g/mol. The minimum atomic E-state index is -0.436. The molecular weight excluding hydrogens is 355 g/mol. The summed E-state index contributed by atoms with van der Waals surface area (Å²) in [5.41, 5.74) is 2.91. The van der Waals surface area contributed by atoms with Crippen molar-refractivity contribution in [1.82, 2.24) is 4.98 Å². The van der Waals surface area contributed by atoms with Gasteiger partial charge in [-0.15, -0.1) is 0 Å². The molecule has 146 valence electrons. The zero-order valence-corrected chi connectivity index (χ0v) is 16.5. The van der Waals surface area contributed by atoms with Crippen molar-refractivity contribution in [2.75, 3.05) is 12.4 Å². The highest BCUT2D eigenvalue weighted by molar-refractivity contribution is 6.00. The summed E-state index contributed by atoms with van der Waals surface area (Å²) in [5.74, 6) is 5.68. The molecule has 2 rings (SSSR count). The number of halogens is 1. The Bertz CT molecular complexity index is 877. The van der Waals surface area contributed by atoms with Gasteiger partial charge in [-0.05, 0) is 42.5 Å². The molecule has 0 saturated heterocycles. The monoisotopic (exact) mass is 380 g/mol. The third kappa shape index (κ3) is 7.73. The van der Waals surface area contributed by atoms with Crippen molar-refractivity contribution in [2.24, 2.45) is 5.92 Å². The lowest BCUT2D eigenvalue weighted by Crippen LogP contribution is -2.09. The Labute approximate surface area is 165 Å². The summed E-state index contributed by atoms with van der Waals surface area (Å²) < 4.78 is 18.3. The molecule has 0 spiro atoms. The first-order chi connectivity index (χ1) is 13.5. The van der Waals surface area contributed by atoms with Crippen molar-refractivity contribution in [1.29, 1.82) is 0 Å². The molecule has 0 atom stereocenters. The largest absolute Gasteiger partial charge is 0.380 e. The number of rotatable bonds is 7. The van der Waals surface area contributed by atoms with Gasteiger partial charge in [0.05, 0.1) is 12.8 Å². The van der Waals surface area contributed by atoms with E-state index in [0.29, 0.717) is 35.8 Å². The number of ether oxygens (including phenoxy) is 1. The molecule has 1 amide bonds. The zero-order chi connectivity index (χ0) is 20.4. The number of allylic oxidation sites excluding steroid dienone is 1. The molecule has 1 N–H and O–H groups in total. The molecule has 0 fully saturated rings. The molecule has 0 unspecified atom stereocenters. The number of nitrogens with one attached hydrogen (secondary N) is 1. The van der Waals surface area contributed by atoms with Crippen molar-refractivity contribution in [2.45, 2.75) is 33.3 Å². The molecule has 2 aromatic rings. The lowest BCUT2D eigenvalue weighted by Gasteiger charge is -2.06. The van der Waals surface area contributed by atoms with E-state index in [0.717, 1.165) is 18.2 Å². The van der Waals surface area contributed by atoms with E-state index in [4.69, 9.17) is 4.74 Å². The summed E-state index contributed by atoms with van der Waals surface area (Å²) in [5, 5.41) is 2.84. The fourth-order valence-electron chi connectivity index (χ4n) is 2.44. The summed E-state index contributed by atoms with van der Waals surface area (Å²) in [4.78, 5) is 16.2. The Morgan fingerprint density at radius 2 is 2.04 bits per heavy atom. The summed E-state index contributed by atoms with van der Waals surface area (Å²) in [6.45, 7) is 4.75. The standard InChI is InChI=1S/C23H25FN2O2/c1-17(2)4-5-18(6-7-20-12-21(24)15-25-14-20)13-23(27)26-22-10-8-19(9-11-22)16-28-3/h8-15,17H,4-5,16H2,1-3H3,(H,26,27)/b18-13-. The van der Waals surface area contributed by atoms with Crippen LogP contribution in [0.5, 0.6) is 0 Å². The van der Waals surface area contributed by atoms with Crippen molar-refractivity contribution >= 4 is 11.6 Å². The fourth-order valence-corrected chi connectivity index (χ4v) is 2.44. The Kier molecular flexibility index (Phi) is 8.38. The molecule has 5 heteroatoms. The quantitative estimate of drug-likeness (QED) is 0.559. The van der Waals surface area contributed by atoms with E-state index in [1.165, 1.54) is 18.3 Å². The van der Waals surface area contributed by atoms with Gasteiger partial charge in [0.25, 0.3) is 0 Å². The zero-order valence-electron chi connectivity index (χ0n) is 16.5. The molecule has 0 bridgehead atoms. The first kappa shape index (κ1) is 21.3. The Morgan fingerprint density at radius 1 is 1.29 bits per heavy atom. The van der Waals surface area contributed by atoms with Crippen LogP contribution in [0.25, 0.3) is 0 Å². The van der Waals surface area contributed by atoms with Gasteiger partial charge in [-0.1, -0.05) is 37.8 Å². The Balaban J connectivity index is 2.12. The van der Waals surface area contributed by atoms with Gasteiger partial charge in [-0.2, -0.15) is 0 Å². The van der Waals surface area contributed by atoms with Crippen LogP contribution in [0.4, 0.5) is 10.1 Å². The predicted molar refractivity (Wildman–Crippen MR) is 109 cm³/mol. The topological polar surface area (TPSA) is 51.2 Å². The van der Waals surface area contributed by atoms with Gasteiger partial charge in [0.15, 0.2) is 0 Å². The highest BCUT2D eigenvalue weighted by Gasteiger charge is 2.04. The number of methoxy groups -OCH3 is 1. The van der Waals surface area contributed by atoms with Crippen LogP contribution in [0.3, 0.4) is 0 Å². The number of nitrogens with zero attached hydrogens (tertiary/aromatic N) is 1. The molecule has 0 aliphatic rings. The highest BCUT2D eigenvalue weighted by atomic mass is 19.1. The van der Waals surface area contributed by atoms with E-state index in [9.17, 15) is 9.18 Å². The number of pyridine rings is 1. The Hall–Kier alpha value is -2.97. The van der Waals surface area contributed by atoms with Crippen molar-refractivity contribution < 1.29 is 13.9 Å². The van der Waals surface area contributed by atoms with E-state index in [1.54, 1.807) is 7.11 Å². The van der Waals surface area contributed by atoms with Gasteiger partial charge in [-0.3, -0.25) is 9.78 Å². The summed E-state index contributed by atoms with van der Waals surface area (Å²) in [7, 11) is 1.64. The van der Waals surface area contributed by atoms with E-state index in [-0.39, 0.29) is 5.91 Å². The molecule has 0 aliphatic heterocycles. The van der Waals surface area contributed by atoms with Gasteiger partial charge >= 0.3 is 0 Å². The average Bonchev–Trinajstić information content (AvgIpc) is 2.65. The SMILES string of the molecule is COCc1ccc(NC(=O)/C=C(\C#Cc2cncc(F)c2)CCC(C)C)cc1. The molecule has 28 heavy (non-hydrogen) atoms. The lowest BCUT2D eigenvalue weighted by molar-refractivity contribution is -0.111. The number of anilines is 1. The van der Waals surface area contributed by atoms with Crippen LogP contribution in [0.1, 0.15) is 37.8 Å². The second-order valence-electron chi connectivity index (χ2n) is 6.86. The molecule has 0 radical (unpaired) electrons. The molecule has 1 aromatic carbocycles. The lowest BCUT2D eigenvalue weighted by atomic mass is 10.0. The second kappa shape index (κ2) is 11.0. The van der Waals surface area contributed by atoms with Gasteiger partial charge in [0.1, 0.15) is 5.82 Å². The maximum atomic E-state index is 13.3. The van der Waals surface area contributed by atoms with Crippen molar-refractivity contribution in [3.63, 3.8) is 0 Å². The van der Waals surface area contributed by atoms with Crippen LogP contribution in [0.15, 0.2) is 54.4 Å². The minimum Gasteiger partial charge on any atom is -0.380 e. The van der Waals surface area contributed by atoms with E-state index < -0.39 is 5.82 Å². The van der Waals surface area contributed by atoms with Crippen molar-refractivity contribution in [3.05, 3.63) is 71.3 Å².